The minimum absolute atomic E-state index is 0.0207. The van der Waals surface area contributed by atoms with Crippen LogP contribution in [0.3, 0.4) is 0 Å². The molecule has 0 radical (unpaired) electrons. The van der Waals surface area contributed by atoms with Crippen LogP contribution in [0.2, 0.25) is 0 Å². The average Bonchev–Trinajstić information content (AvgIpc) is 3.32. The Kier molecular flexibility index (Phi) is 6.94. The molecule has 192 valence electrons. The Bertz CT molecular complexity index is 1510. The van der Waals surface area contributed by atoms with Crippen molar-refractivity contribution in [1.82, 2.24) is 25.1 Å². The molecule has 3 heterocycles. The second-order valence-electron chi connectivity index (χ2n) is 9.35. The van der Waals surface area contributed by atoms with Crippen molar-refractivity contribution in [3.63, 3.8) is 0 Å². The number of sulfonamides is 1. The first-order valence-electron chi connectivity index (χ1n) is 12.2. The summed E-state index contributed by atoms with van der Waals surface area (Å²) < 4.78 is 36.1. The molecule has 1 aliphatic heterocycles. The zero-order valence-corrected chi connectivity index (χ0v) is 21.9. The fourth-order valence-electron chi connectivity index (χ4n) is 4.68. The summed E-state index contributed by atoms with van der Waals surface area (Å²) in [5.41, 5.74) is 4.69. The quantitative estimate of drug-likeness (QED) is 0.369. The highest BCUT2D eigenvalue weighted by Crippen LogP contribution is 2.32. The average molecular weight is 519 g/mol. The monoisotopic (exact) mass is 518 g/mol. The second kappa shape index (κ2) is 10.3. The van der Waals surface area contributed by atoms with Crippen LogP contribution >= 0.6 is 0 Å². The molecule has 10 heteroatoms. The standard InChI is InChI=1S/C27H30N6O3S/c1-18-7-4-8-19(2)26(18)24-14-25(31-27(30-24)32-37(34,35)23-16-29-33(3)17-23)36-22-11-5-9-20(13-22)21-10-6-12-28-15-21/h4-5,7-9,11,13-14,16-17,21,28H,6,10,12,15H2,1-3H3,(H,30,31,32). The zero-order valence-electron chi connectivity index (χ0n) is 21.1. The van der Waals surface area contributed by atoms with Gasteiger partial charge in [-0.1, -0.05) is 30.3 Å². The SMILES string of the molecule is Cc1cccc(C)c1-c1cc(Oc2cccc(C3CCCNC3)c2)nc(NS(=O)(=O)c2cnn(C)c2)n1. The van der Waals surface area contributed by atoms with Crippen molar-refractivity contribution in [2.75, 3.05) is 17.8 Å². The maximum absolute atomic E-state index is 13.0. The molecule has 0 amide bonds. The van der Waals surface area contributed by atoms with E-state index in [-0.39, 0.29) is 16.7 Å². The third-order valence-corrected chi connectivity index (χ3v) is 7.79. The number of piperidine rings is 1. The van der Waals surface area contributed by atoms with Gasteiger partial charge in [0.05, 0.1) is 11.9 Å². The normalized spacial score (nSPS) is 15.9. The van der Waals surface area contributed by atoms with Gasteiger partial charge in [-0.15, -0.1) is 0 Å². The first-order valence-corrected chi connectivity index (χ1v) is 13.7. The Morgan fingerprint density at radius 2 is 1.86 bits per heavy atom. The molecule has 0 saturated carbocycles. The van der Waals surface area contributed by atoms with Crippen LogP contribution in [-0.4, -0.2) is 41.3 Å². The van der Waals surface area contributed by atoms with Crippen LogP contribution in [0.25, 0.3) is 11.3 Å². The summed E-state index contributed by atoms with van der Waals surface area (Å²) in [5, 5.41) is 7.41. The van der Waals surface area contributed by atoms with E-state index in [2.05, 4.69) is 31.2 Å². The number of nitrogens with zero attached hydrogens (tertiary/aromatic N) is 4. The summed E-state index contributed by atoms with van der Waals surface area (Å²) in [7, 11) is -2.29. The number of anilines is 1. The number of hydrogen-bond donors (Lipinski definition) is 2. The molecule has 0 aliphatic carbocycles. The molecular weight excluding hydrogens is 488 g/mol. The molecule has 0 spiro atoms. The number of benzene rings is 2. The van der Waals surface area contributed by atoms with Gasteiger partial charge in [0.25, 0.3) is 10.0 Å². The van der Waals surface area contributed by atoms with E-state index in [0.29, 0.717) is 17.4 Å². The van der Waals surface area contributed by atoms with Crippen molar-refractivity contribution in [1.29, 1.82) is 0 Å². The zero-order chi connectivity index (χ0) is 26.0. The van der Waals surface area contributed by atoms with Crippen molar-refractivity contribution in [2.24, 2.45) is 7.05 Å². The van der Waals surface area contributed by atoms with E-state index in [4.69, 9.17) is 4.74 Å². The van der Waals surface area contributed by atoms with E-state index in [0.717, 1.165) is 42.6 Å². The molecule has 5 rings (SSSR count). The number of aryl methyl sites for hydroxylation is 3. The van der Waals surface area contributed by atoms with Gasteiger partial charge >= 0.3 is 0 Å². The van der Waals surface area contributed by atoms with E-state index < -0.39 is 10.0 Å². The Morgan fingerprint density at radius 1 is 1.08 bits per heavy atom. The number of aromatic nitrogens is 4. The van der Waals surface area contributed by atoms with Gasteiger partial charge in [-0.2, -0.15) is 10.1 Å². The molecule has 2 N–H and O–H groups in total. The predicted molar refractivity (Wildman–Crippen MR) is 142 cm³/mol. The van der Waals surface area contributed by atoms with Gasteiger partial charge < -0.3 is 10.1 Å². The Hall–Kier alpha value is -3.76. The Balaban J connectivity index is 1.52. The van der Waals surface area contributed by atoms with Gasteiger partial charge in [-0.3, -0.25) is 4.68 Å². The van der Waals surface area contributed by atoms with Crippen molar-refractivity contribution >= 4 is 16.0 Å². The van der Waals surface area contributed by atoms with Crippen LogP contribution < -0.4 is 14.8 Å². The lowest BCUT2D eigenvalue weighted by molar-refractivity contribution is 0.449. The van der Waals surface area contributed by atoms with Gasteiger partial charge in [0.15, 0.2) is 0 Å². The fraction of sp³-hybridized carbons (Fsp3) is 0.296. The van der Waals surface area contributed by atoms with E-state index in [9.17, 15) is 8.42 Å². The lowest BCUT2D eigenvalue weighted by Crippen LogP contribution is -2.28. The highest BCUT2D eigenvalue weighted by molar-refractivity contribution is 7.92. The summed E-state index contributed by atoms with van der Waals surface area (Å²) in [6.45, 7) is 5.97. The molecule has 0 bridgehead atoms. The molecule has 1 fully saturated rings. The molecule has 1 aliphatic rings. The first kappa shape index (κ1) is 24.9. The van der Waals surface area contributed by atoms with Crippen molar-refractivity contribution in [3.05, 3.63) is 77.6 Å². The van der Waals surface area contributed by atoms with Crippen LogP contribution in [0.1, 0.15) is 35.4 Å². The lowest BCUT2D eigenvalue weighted by atomic mass is 9.92. The van der Waals surface area contributed by atoms with Crippen LogP contribution in [0, 0.1) is 13.8 Å². The summed E-state index contributed by atoms with van der Waals surface area (Å²) >= 11 is 0. The van der Waals surface area contributed by atoms with Crippen LogP contribution in [-0.2, 0) is 17.1 Å². The maximum Gasteiger partial charge on any atom is 0.267 e. The van der Waals surface area contributed by atoms with Crippen molar-refractivity contribution in [3.8, 4) is 22.9 Å². The number of hydrogen-bond acceptors (Lipinski definition) is 7. The predicted octanol–water partition coefficient (Wildman–Crippen LogP) is 4.55. The first-order chi connectivity index (χ1) is 17.8. The molecule has 9 nitrogen and oxygen atoms in total. The highest BCUT2D eigenvalue weighted by atomic mass is 32.2. The van der Waals surface area contributed by atoms with Gasteiger partial charge in [-0.05, 0) is 68.0 Å². The maximum atomic E-state index is 13.0. The molecule has 2 aromatic carbocycles. The molecule has 2 aromatic heterocycles. The number of rotatable bonds is 7. The van der Waals surface area contributed by atoms with Crippen LogP contribution in [0.15, 0.2) is 65.8 Å². The smallest absolute Gasteiger partial charge is 0.267 e. The van der Waals surface area contributed by atoms with Gasteiger partial charge in [0.1, 0.15) is 10.6 Å². The van der Waals surface area contributed by atoms with Gasteiger partial charge in [-0.25, -0.2) is 18.1 Å². The topological polar surface area (TPSA) is 111 Å². The largest absolute Gasteiger partial charge is 0.439 e. The van der Waals surface area contributed by atoms with Crippen molar-refractivity contribution < 1.29 is 13.2 Å². The fourth-order valence-corrected chi connectivity index (χ4v) is 5.60. The molecular formula is C27H30N6O3S. The second-order valence-corrected chi connectivity index (χ2v) is 11.0. The van der Waals surface area contributed by atoms with E-state index in [1.807, 2.05) is 50.2 Å². The Morgan fingerprint density at radius 3 is 2.57 bits per heavy atom. The van der Waals surface area contributed by atoms with Crippen molar-refractivity contribution in [2.45, 2.75) is 37.5 Å². The van der Waals surface area contributed by atoms with Crippen LogP contribution in [0.4, 0.5) is 5.95 Å². The molecule has 1 saturated heterocycles. The molecule has 1 unspecified atom stereocenters. The van der Waals surface area contributed by atoms with Crippen LogP contribution in [0.5, 0.6) is 11.6 Å². The summed E-state index contributed by atoms with van der Waals surface area (Å²) in [5.74, 6) is 1.23. The third kappa shape index (κ3) is 5.65. The lowest BCUT2D eigenvalue weighted by Gasteiger charge is -2.23. The van der Waals surface area contributed by atoms with Gasteiger partial charge in [0, 0.05) is 31.4 Å². The number of ether oxygens (including phenoxy) is 1. The van der Waals surface area contributed by atoms with E-state index in [1.165, 1.54) is 22.6 Å². The highest BCUT2D eigenvalue weighted by Gasteiger charge is 2.21. The van der Waals surface area contributed by atoms with E-state index >= 15 is 0 Å². The third-order valence-electron chi connectivity index (χ3n) is 6.51. The Labute approximate surface area is 217 Å². The van der Waals surface area contributed by atoms with Gasteiger partial charge in [0.2, 0.25) is 11.8 Å². The van der Waals surface area contributed by atoms with E-state index in [1.54, 1.807) is 13.1 Å². The number of nitrogens with one attached hydrogen (secondary N) is 2. The molecule has 1 atom stereocenters. The summed E-state index contributed by atoms with van der Waals surface area (Å²) in [6.07, 6.45) is 4.96. The minimum Gasteiger partial charge on any atom is -0.439 e. The molecule has 37 heavy (non-hydrogen) atoms. The summed E-state index contributed by atoms with van der Waals surface area (Å²) in [4.78, 5) is 8.99. The minimum atomic E-state index is -3.94. The summed E-state index contributed by atoms with van der Waals surface area (Å²) in [6, 6.07) is 15.7. The molecule has 4 aromatic rings.